The summed E-state index contributed by atoms with van der Waals surface area (Å²) < 4.78 is 0. The van der Waals surface area contributed by atoms with Crippen molar-refractivity contribution in [3.05, 3.63) is 108 Å². The largest absolute Gasteiger partial charge is 0.332 e. The number of hydrogen-bond donors (Lipinski definition) is 2. The van der Waals surface area contributed by atoms with Gasteiger partial charge < -0.3 is 15.5 Å². The quantitative estimate of drug-likeness (QED) is 0.364. The van der Waals surface area contributed by atoms with Gasteiger partial charge in [0.15, 0.2) is 5.11 Å². The summed E-state index contributed by atoms with van der Waals surface area (Å²) in [5, 5.41) is 8.03. The Morgan fingerprint density at radius 3 is 2.24 bits per heavy atom. The SMILES string of the molecule is CCN(C(=O)c1ccc(NC(=S)NC(=O)Cc2ccccc2)cc1)c1cccc2ccccc12. The Bertz CT molecular complexity index is 1320. The van der Waals surface area contributed by atoms with Crippen LogP contribution in [-0.2, 0) is 11.2 Å². The molecule has 0 unspecified atom stereocenters. The normalized spacial score (nSPS) is 10.5. The lowest BCUT2D eigenvalue weighted by Gasteiger charge is -2.23. The highest BCUT2D eigenvalue weighted by atomic mass is 32.1. The molecular weight excluding hydrogens is 442 g/mol. The summed E-state index contributed by atoms with van der Waals surface area (Å²) in [5.74, 6) is -0.270. The number of thiocarbonyl (C=S) groups is 1. The van der Waals surface area contributed by atoms with Crippen LogP contribution in [0.25, 0.3) is 10.8 Å². The monoisotopic (exact) mass is 467 g/mol. The number of anilines is 2. The first-order valence-corrected chi connectivity index (χ1v) is 11.5. The minimum atomic E-state index is -0.191. The summed E-state index contributed by atoms with van der Waals surface area (Å²) >= 11 is 5.26. The number of hydrogen-bond acceptors (Lipinski definition) is 3. The van der Waals surface area contributed by atoms with E-state index < -0.39 is 0 Å². The average molecular weight is 468 g/mol. The van der Waals surface area contributed by atoms with E-state index in [1.54, 1.807) is 29.2 Å². The van der Waals surface area contributed by atoms with Gasteiger partial charge in [-0.25, -0.2) is 0 Å². The van der Waals surface area contributed by atoms with E-state index in [1.165, 1.54) is 0 Å². The molecule has 0 saturated heterocycles. The third-order valence-electron chi connectivity index (χ3n) is 5.47. The van der Waals surface area contributed by atoms with Gasteiger partial charge in [0.05, 0.1) is 12.1 Å². The van der Waals surface area contributed by atoms with Gasteiger partial charge in [0, 0.05) is 23.2 Å². The molecule has 2 N–H and O–H groups in total. The number of rotatable bonds is 6. The molecule has 4 aromatic rings. The minimum Gasteiger partial charge on any atom is -0.332 e. The van der Waals surface area contributed by atoms with E-state index in [0.29, 0.717) is 17.8 Å². The van der Waals surface area contributed by atoms with E-state index in [1.807, 2.05) is 79.7 Å². The second-order valence-electron chi connectivity index (χ2n) is 7.79. The molecule has 0 aliphatic heterocycles. The van der Waals surface area contributed by atoms with Crippen molar-refractivity contribution < 1.29 is 9.59 Å². The smallest absolute Gasteiger partial charge is 0.258 e. The zero-order valence-corrected chi connectivity index (χ0v) is 19.6. The van der Waals surface area contributed by atoms with Crippen molar-refractivity contribution in [3.8, 4) is 0 Å². The zero-order chi connectivity index (χ0) is 23.9. The molecule has 0 radical (unpaired) electrons. The zero-order valence-electron chi connectivity index (χ0n) is 18.8. The van der Waals surface area contributed by atoms with Gasteiger partial charge in [0.25, 0.3) is 5.91 Å². The van der Waals surface area contributed by atoms with Gasteiger partial charge in [0.2, 0.25) is 5.91 Å². The lowest BCUT2D eigenvalue weighted by molar-refractivity contribution is -0.119. The summed E-state index contributed by atoms with van der Waals surface area (Å²) in [6, 6.07) is 30.6. The number of carbonyl (C=O) groups is 2. The highest BCUT2D eigenvalue weighted by Gasteiger charge is 2.18. The summed E-state index contributed by atoms with van der Waals surface area (Å²) in [6.07, 6.45) is 0.247. The molecule has 0 heterocycles. The fourth-order valence-corrected chi connectivity index (χ4v) is 4.07. The lowest BCUT2D eigenvalue weighted by Crippen LogP contribution is -2.35. The van der Waals surface area contributed by atoms with Crippen LogP contribution in [0.1, 0.15) is 22.8 Å². The van der Waals surface area contributed by atoms with Gasteiger partial charge in [-0.1, -0.05) is 66.7 Å². The molecule has 0 bridgehead atoms. The van der Waals surface area contributed by atoms with E-state index in [9.17, 15) is 9.59 Å². The highest BCUT2D eigenvalue weighted by Crippen LogP contribution is 2.28. The van der Waals surface area contributed by atoms with Crippen LogP contribution in [-0.4, -0.2) is 23.5 Å². The van der Waals surface area contributed by atoms with Crippen LogP contribution in [0.2, 0.25) is 0 Å². The minimum absolute atomic E-state index is 0.0795. The standard InChI is InChI=1S/C28H25N3O2S/c1-2-31(25-14-8-12-21-11-6-7-13-24(21)25)27(33)22-15-17-23(18-16-22)29-28(34)30-26(32)19-20-9-4-3-5-10-20/h3-18H,2,19H2,1H3,(H2,29,30,32,34). The first kappa shape index (κ1) is 23.1. The van der Waals surface area contributed by atoms with Crippen LogP contribution in [0.3, 0.4) is 0 Å². The molecule has 4 aromatic carbocycles. The maximum atomic E-state index is 13.3. The molecule has 0 spiro atoms. The van der Waals surface area contributed by atoms with Crippen LogP contribution in [0.15, 0.2) is 97.1 Å². The van der Waals surface area contributed by atoms with Crippen molar-refractivity contribution >= 4 is 51.3 Å². The van der Waals surface area contributed by atoms with Crippen LogP contribution in [0.5, 0.6) is 0 Å². The Balaban J connectivity index is 1.41. The Morgan fingerprint density at radius 2 is 1.50 bits per heavy atom. The Kier molecular flexibility index (Phi) is 7.30. The van der Waals surface area contributed by atoms with Crippen molar-refractivity contribution in [2.45, 2.75) is 13.3 Å². The first-order valence-electron chi connectivity index (χ1n) is 11.1. The Hall–Kier alpha value is -4.03. The molecule has 0 atom stereocenters. The van der Waals surface area contributed by atoms with E-state index in [-0.39, 0.29) is 23.3 Å². The average Bonchev–Trinajstić information content (AvgIpc) is 2.85. The van der Waals surface area contributed by atoms with Crippen LogP contribution in [0, 0.1) is 0 Å². The maximum Gasteiger partial charge on any atom is 0.258 e. The summed E-state index contributed by atoms with van der Waals surface area (Å²) in [6.45, 7) is 2.51. The maximum absolute atomic E-state index is 13.3. The van der Waals surface area contributed by atoms with Gasteiger partial charge in [-0.05, 0) is 60.4 Å². The second kappa shape index (κ2) is 10.7. The third-order valence-corrected chi connectivity index (χ3v) is 5.67. The molecule has 0 aliphatic carbocycles. The van der Waals surface area contributed by atoms with Gasteiger partial charge in [-0.2, -0.15) is 0 Å². The molecular formula is C28H25N3O2S. The highest BCUT2D eigenvalue weighted by molar-refractivity contribution is 7.80. The fourth-order valence-electron chi connectivity index (χ4n) is 3.83. The number of fused-ring (bicyclic) bond motifs is 1. The molecule has 0 saturated carbocycles. The van der Waals surface area contributed by atoms with Crippen molar-refractivity contribution in [2.75, 3.05) is 16.8 Å². The van der Waals surface area contributed by atoms with E-state index >= 15 is 0 Å². The molecule has 0 aliphatic rings. The molecule has 170 valence electrons. The number of benzene rings is 4. The summed E-state index contributed by atoms with van der Waals surface area (Å²) in [5.41, 5.74) is 3.06. The molecule has 5 nitrogen and oxygen atoms in total. The molecule has 0 aromatic heterocycles. The Morgan fingerprint density at radius 1 is 0.824 bits per heavy atom. The lowest BCUT2D eigenvalue weighted by atomic mass is 10.1. The molecule has 34 heavy (non-hydrogen) atoms. The molecule has 4 rings (SSSR count). The summed E-state index contributed by atoms with van der Waals surface area (Å²) in [4.78, 5) is 27.3. The number of nitrogens with zero attached hydrogens (tertiary/aromatic N) is 1. The molecule has 2 amide bonds. The van der Waals surface area contributed by atoms with Crippen LogP contribution in [0.4, 0.5) is 11.4 Å². The molecule has 0 fully saturated rings. The third kappa shape index (κ3) is 5.47. The predicted molar refractivity (Wildman–Crippen MR) is 142 cm³/mol. The van der Waals surface area contributed by atoms with Crippen molar-refractivity contribution in [1.82, 2.24) is 5.32 Å². The molecule has 6 heteroatoms. The fraction of sp³-hybridized carbons (Fsp3) is 0.107. The van der Waals surface area contributed by atoms with Crippen LogP contribution >= 0.6 is 12.2 Å². The van der Waals surface area contributed by atoms with Gasteiger partial charge in [-0.3, -0.25) is 9.59 Å². The number of nitrogens with one attached hydrogen (secondary N) is 2. The number of carbonyl (C=O) groups excluding carboxylic acids is 2. The topological polar surface area (TPSA) is 61.4 Å². The summed E-state index contributed by atoms with van der Waals surface area (Å²) in [7, 11) is 0. The van der Waals surface area contributed by atoms with Crippen molar-refractivity contribution in [1.29, 1.82) is 0 Å². The van der Waals surface area contributed by atoms with E-state index in [4.69, 9.17) is 12.2 Å². The van der Waals surface area contributed by atoms with Gasteiger partial charge in [0.1, 0.15) is 0 Å². The second-order valence-corrected chi connectivity index (χ2v) is 8.20. The van der Waals surface area contributed by atoms with E-state index in [2.05, 4.69) is 10.6 Å². The number of amides is 2. The van der Waals surface area contributed by atoms with Crippen molar-refractivity contribution in [2.24, 2.45) is 0 Å². The van der Waals surface area contributed by atoms with Crippen molar-refractivity contribution in [3.63, 3.8) is 0 Å². The van der Waals surface area contributed by atoms with Gasteiger partial charge in [-0.15, -0.1) is 0 Å². The first-order chi connectivity index (χ1) is 16.5. The Labute approximate surface area is 204 Å². The van der Waals surface area contributed by atoms with E-state index in [0.717, 1.165) is 22.0 Å². The van der Waals surface area contributed by atoms with Gasteiger partial charge >= 0.3 is 0 Å². The van der Waals surface area contributed by atoms with Crippen LogP contribution < -0.4 is 15.5 Å². The predicted octanol–water partition coefficient (Wildman–Crippen LogP) is 5.56.